The Morgan fingerprint density at radius 2 is 2.08 bits per heavy atom. The van der Waals surface area contributed by atoms with E-state index in [2.05, 4.69) is 44.9 Å². The van der Waals surface area contributed by atoms with Gasteiger partial charge in [0, 0.05) is 5.56 Å². The summed E-state index contributed by atoms with van der Waals surface area (Å²) in [5.41, 5.74) is 2.35. The summed E-state index contributed by atoms with van der Waals surface area (Å²) in [6.07, 6.45) is 0. The molecule has 1 aromatic heterocycles. The van der Waals surface area contributed by atoms with Crippen LogP contribution < -0.4 is 0 Å². The topological polar surface area (TPSA) is 25.8 Å². The molecule has 0 aliphatic rings. The summed E-state index contributed by atoms with van der Waals surface area (Å²) >= 11 is 3.62. The first-order chi connectivity index (χ1) is 6.27. The molecule has 0 aliphatic heterocycles. The van der Waals surface area contributed by atoms with Gasteiger partial charge in [-0.05, 0) is 46.6 Å². The lowest BCUT2D eigenvalue weighted by Gasteiger charge is -1.98. The number of hydrogen-bond donors (Lipinski definition) is 0. The van der Waals surface area contributed by atoms with Crippen LogP contribution in [0, 0.1) is 9.94 Å². The van der Waals surface area contributed by atoms with Crippen molar-refractivity contribution >= 4 is 34.1 Å². The van der Waals surface area contributed by atoms with Gasteiger partial charge in [-0.2, -0.15) is 4.37 Å². The molecule has 2 nitrogen and oxygen atoms in total. The van der Waals surface area contributed by atoms with Gasteiger partial charge in [0.25, 0.3) is 0 Å². The normalized spacial score (nSPS) is 10.3. The van der Waals surface area contributed by atoms with Crippen molar-refractivity contribution in [1.82, 2.24) is 9.36 Å². The van der Waals surface area contributed by atoms with Crippen LogP contribution >= 0.6 is 34.1 Å². The number of halogens is 1. The van der Waals surface area contributed by atoms with Crippen LogP contribution in [0.4, 0.5) is 0 Å². The van der Waals surface area contributed by atoms with Crippen molar-refractivity contribution in [2.75, 3.05) is 0 Å². The van der Waals surface area contributed by atoms with Crippen LogP contribution in [0.3, 0.4) is 0 Å². The zero-order valence-corrected chi connectivity index (χ0v) is 9.96. The third-order valence-corrected chi connectivity index (χ3v) is 3.13. The van der Waals surface area contributed by atoms with E-state index in [0.717, 1.165) is 14.4 Å². The molecule has 0 saturated heterocycles. The minimum Gasteiger partial charge on any atom is -0.209 e. The van der Waals surface area contributed by atoms with Crippen LogP contribution in [0.1, 0.15) is 5.56 Å². The second-order valence-electron chi connectivity index (χ2n) is 2.69. The van der Waals surface area contributed by atoms with E-state index >= 15 is 0 Å². The Labute approximate surface area is 94.3 Å². The Morgan fingerprint density at radius 1 is 1.31 bits per heavy atom. The molecule has 0 N–H and O–H groups in total. The van der Waals surface area contributed by atoms with Crippen LogP contribution in [0.2, 0.25) is 0 Å². The van der Waals surface area contributed by atoms with E-state index < -0.39 is 0 Å². The third kappa shape index (κ3) is 1.88. The molecule has 0 saturated carbocycles. The number of aromatic nitrogens is 2. The lowest BCUT2D eigenvalue weighted by atomic mass is 10.1. The number of nitrogens with zero attached hydrogens (tertiary/aromatic N) is 2. The molecule has 0 atom stereocenters. The molecular formula is C9H7IN2S. The SMILES string of the molecule is Cc1ccccc1-c1nsc(I)n1. The van der Waals surface area contributed by atoms with Crippen molar-refractivity contribution in [3.63, 3.8) is 0 Å². The van der Waals surface area contributed by atoms with Gasteiger partial charge in [-0.15, -0.1) is 0 Å². The van der Waals surface area contributed by atoms with Gasteiger partial charge >= 0.3 is 0 Å². The summed E-state index contributed by atoms with van der Waals surface area (Å²) in [5.74, 6) is 0.840. The van der Waals surface area contributed by atoms with Gasteiger partial charge in [-0.3, -0.25) is 0 Å². The Bertz CT molecular complexity index is 425. The standard InChI is InChI=1S/C9H7IN2S/c1-6-4-2-3-5-7(6)8-11-9(10)13-12-8/h2-5H,1H3. The summed E-state index contributed by atoms with van der Waals surface area (Å²) in [7, 11) is 0. The van der Waals surface area contributed by atoms with Crippen molar-refractivity contribution < 1.29 is 0 Å². The molecule has 13 heavy (non-hydrogen) atoms. The summed E-state index contributed by atoms with van der Waals surface area (Å²) in [4.78, 5) is 4.34. The molecule has 1 aromatic carbocycles. The van der Waals surface area contributed by atoms with E-state index in [-0.39, 0.29) is 0 Å². The van der Waals surface area contributed by atoms with Crippen molar-refractivity contribution in [2.24, 2.45) is 0 Å². The fourth-order valence-corrected chi connectivity index (χ4v) is 2.09. The van der Waals surface area contributed by atoms with Gasteiger partial charge in [0.15, 0.2) is 8.84 Å². The quantitative estimate of drug-likeness (QED) is 0.756. The molecule has 4 heteroatoms. The Morgan fingerprint density at radius 3 is 2.69 bits per heavy atom. The molecule has 0 spiro atoms. The lowest BCUT2D eigenvalue weighted by molar-refractivity contribution is 1.28. The van der Waals surface area contributed by atoms with E-state index in [9.17, 15) is 0 Å². The maximum absolute atomic E-state index is 4.34. The van der Waals surface area contributed by atoms with Crippen LogP contribution in [-0.2, 0) is 0 Å². The highest BCUT2D eigenvalue weighted by molar-refractivity contribution is 14.1. The van der Waals surface area contributed by atoms with Gasteiger partial charge in [0.05, 0.1) is 0 Å². The highest BCUT2D eigenvalue weighted by Crippen LogP contribution is 2.21. The molecule has 1 heterocycles. The van der Waals surface area contributed by atoms with Gasteiger partial charge < -0.3 is 0 Å². The molecule has 2 rings (SSSR count). The monoisotopic (exact) mass is 302 g/mol. The fourth-order valence-electron chi connectivity index (χ4n) is 1.14. The molecular weight excluding hydrogens is 295 g/mol. The van der Waals surface area contributed by atoms with E-state index in [1.807, 2.05) is 18.2 Å². The summed E-state index contributed by atoms with van der Waals surface area (Å²) in [5, 5.41) is 0. The van der Waals surface area contributed by atoms with Crippen molar-refractivity contribution in [3.8, 4) is 11.4 Å². The third-order valence-electron chi connectivity index (χ3n) is 1.79. The molecule has 0 aliphatic carbocycles. The highest BCUT2D eigenvalue weighted by atomic mass is 127. The molecule has 2 aromatic rings. The number of rotatable bonds is 1. The second-order valence-corrected chi connectivity index (χ2v) is 5.19. The smallest absolute Gasteiger partial charge is 0.174 e. The van der Waals surface area contributed by atoms with E-state index in [1.54, 1.807) is 0 Å². The predicted octanol–water partition coefficient (Wildman–Crippen LogP) is 3.12. The second kappa shape index (κ2) is 3.71. The summed E-state index contributed by atoms with van der Waals surface area (Å²) in [6, 6.07) is 8.16. The predicted molar refractivity (Wildman–Crippen MR) is 62.8 cm³/mol. The Kier molecular flexibility index (Phi) is 2.59. The first-order valence-corrected chi connectivity index (χ1v) is 5.68. The van der Waals surface area contributed by atoms with Crippen molar-refractivity contribution in [3.05, 3.63) is 32.8 Å². The number of benzene rings is 1. The van der Waals surface area contributed by atoms with E-state index in [1.165, 1.54) is 17.1 Å². The Hall–Kier alpha value is -0.490. The van der Waals surface area contributed by atoms with Gasteiger partial charge in [0.1, 0.15) is 0 Å². The lowest BCUT2D eigenvalue weighted by Crippen LogP contribution is -1.84. The fraction of sp³-hybridized carbons (Fsp3) is 0.111. The van der Waals surface area contributed by atoms with Crippen LogP contribution in [0.25, 0.3) is 11.4 Å². The molecule has 66 valence electrons. The molecule has 0 amide bonds. The average Bonchev–Trinajstić information content (AvgIpc) is 2.53. The first-order valence-electron chi connectivity index (χ1n) is 3.82. The molecule has 0 fully saturated rings. The van der Waals surface area contributed by atoms with Crippen LogP contribution in [0.5, 0.6) is 0 Å². The maximum atomic E-state index is 4.34. The zero-order valence-electron chi connectivity index (χ0n) is 6.99. The van der Waals surface area contributed by atoms with Crippen LogP contribution in [-0.4, -0.2) is 9.36 Å². The zero-order chi connectivity index (χ0) is 9.26. The van der Waals surface area contributed by atoms with Gasteiger partial charge in [0.2, 0.25) is 0 Å². The molecule has 0 radical (unpaired) electrons. The number of hydrogen-bond acceptors (Lipinski definition) is 3. The minimum absolute atomic E-state index is 0.840. The Balaban J connectivity index is 2.52. The number of aryl methyl sites for hydroxylation is 1. The van der Waals surface area contributed by atoms with E-state index in [0.29, 0.717) is 0 Å². The van der Waals surface area contributed by atoms with Crippen LogP contribution in [0.15, 0.2) is 24.3 Å². The largest absolute Gasteiger partial charge is 0.209 e. The summed E-state index contributed by atoms with van der Waals surface area (Å²) < 4.78 is 5.25. The van der Waals surface area contributed by atoms with Crippen molar-refractivity contribution in [2.45, 2.75) is 6.92 Å². The maximum Gasteiger partial charge on any atom is 0.174 e. The molecule has 0 unspecified atom stereocenters. The van der Waals surface area contributed by atoms with Gasteiger partial charge in [-0.1, -0.05) is 24.3 Å². The van der Waals surface area contributed by atoms with Gasteiger partial charge in [-0.25, -0.2) is 4.98 Å². The summed E-state index contributed by atoms with van der Waals surface area (Å²) in [6.45, 7) is 2.07. The minimum atomic E-state index is 0.840. The highest BCUT2D eigenvalue weighted by Gasteiger charge is 2.05. The van der Waals surface area contributed by atoms with Crippen molar-refractivity contribution in [1.29, 1.82) is 0 Å². The first kappa shape index (κ1) is 9.08. The average molecular weight is 302 g/mol. The molecule has 0 bridgehead atoms. The van der Waals surface area contributed by atoms with E-state index in [4.69, 9.17) is 0 Å².